The summed E-state index contributed by atoms with van der Waals surface area (Å²) < 4.78 is 10.2. The van der Waals surface area contributed by atoms with Crippen LogP contribution in [0, 0.1) is 0 Å². The maximum Gasteiger partial charge on any atom is 0.220 e. The summed E-state index contributed by atoms with van der Waals surface area (Å²) in [7, 11) is 3.23. The van der Waals surface area contributed by atoms with Gasteiger partial charge in [-0.25, -0.2) is 0 Å². The molecular formula is C19H24N2O3. The normalized spacial score (nSPS) is 10.2. The Hall–Kier alpha value is -2.69. The number of hydrogen-bond donors (Lipinski definition) is 2. The molecule has 0 bridgehead atoms. The van der Waals surface area contributed by atoms with Gasteiger partial charge in [0, 0.05) is 13.0 Å². The van der Waals surface area contributed by atoms with Gasteiger partial charge in [0.25, 0.3) is 0 Å². The zero-order chi connectivity index (χ0) is 17.4. The second-order valence-corrected chi connectivity index (χ2v) is 5.52. The van der Waals surface area contributed by atoms with Crippen LogP contribution < -0.4 is 20.5 Å². The van der Waals surface area contributed by atoms with Crippen LogP contribution in [0.2, 0.25) is 0 Å². The third-order valence-corrected chi connectivity index (χ3v) is 3.83. The largest absolute Gasteiger partial charge is 0.497 e. The van der Waals surface area contributed by atoms with E-state index in [-0.39, 0.29) is 5.91 Å². The highest BCUT2D eigenvalue weighted by Gasteiger charge is 2.05. The molecule has 2 rings (SSSR count). The third-order valence-electron chi connectivity index (χ3n) is 3.83. The Bertz CT molecular complexity index is 669. The van der Waals surface area contributed by atoms with E-state index < -0.39 is 0 Å². The molecule has 3 N–H and O–H groups in total. The highest BCUT2D eigenvalue weighted by molar-refractivity contribution is 5.76. The van der Waals surface area contributed by atoms with Gasteiger partial charge in [-0.1, -0.05) is 18.2 Å². The smallest absolute Gasteiger partial charge is 0.220 e. The van der Waals surface area contributed by atoms with E-state index in [1.165, 1.54) is 5.56 Å². The maximum atomic E-state index is 11.9. The van der Waals surface area contributed by atoms with Gasteiger partial charge >= 0.3 is 0 Å². The number of nitrogen functional groups attached to an aromatic ring is 1. The lowest BCUT2D eigenvalue weighted by Crippen LogP contribution is -2.25. The van der Waals surface area contributed by atoms with E-state index in [1.54, 1.807) is 14.2 Å². The second-order valence-electron chi connectivity index (χ2n) is 5.52. The summed E-state index contributed by atoms with van der Waals surface area (Å²) in [4.78, 5) is 11.9. The Labute approximate surface area is 142 Å². The minimum absolute atomic E-state index is 0.0397. The molecule has 0 unspecified atom stereocenters. The van der Waals surface area contributed by atoms with Gasteiger partial charge in [-0.05, 0) is 48.2 Å². The number of rotatable bonds is 8. The predicted octanol–water partition coefficient (Wildman–Crippen LogP) is 2.58. The number of amides is 1. The zero-order valence-corrected chi connectivity index (χ0v) is 14.2. The molecule has 128 valence electrons. The Morgan fingerprint density at radius 2 is 1.71 bits per heavy atom. The van der Waals surface area contributed by atoms with Gasteiger partial charge in [-0.15, -0.1) is 0 Å². The van der Waals surface area contributed by atoms with E-state index in [4.69, 9.17) is 15.2 Å². The first-order valence-electron chi connectivity index (χ1n) is 7.94. The number of ether oxygens (including phenoxy) is 2. The lowest BCUT2D eigenvalue weighted by atomic mass is 10.1. The van der Waals surface area contributed by atoms with Gasteiger partial charge in [-0.2, -0.15) is 0 Å². The fourth-order valence-electron chi connectivity index (χ4n) is 2.42. The number of anilines is 1. The van der Waals surface area contributed by atoms with Gasteiger partial charge in [0.2, 0.25) is 5.91 Å². The van der Waals surface area contributed by atoms with Crippen LogP contribution in [0.25, 0.3) is 0 Å². The quantitative estimate of drug-likeness (QED) is 0.731. The summed E-state index contributed by atoms with van der Waals surface area (Å²) in [6, 6.07) is 13.5. The van der Waals surface area contributed by atoms with Crippen molar-refractivity contribution in [3.63, 3.8) is 0 Å². The summed E-state index contributed by atoms with van der Waals surface area (Å²) in [6.45, 7) is 0.621. The Morgan fingerprint density at radius 3 is 2.33 bits per heavy atom. The lowest BCUT2D eigenvalue weighted by Gasteiger charge is -2.08. The fourth-order valence-corrected chi connectivity index (χ4v) is 2.42. The van der Waals surface area contributed by atoms with Crippen molar-refractivity contribution >= 4 is 11.6 Å². The van der Waals surface area contributed by atoms with Crippen LogP contribution in [-0.4, -0.2) is 26.7 Å². The molecule has 0 aliphatic rings. The van der Waals surface area contributed by atoms with E-state index in [1.807, 2.05) is 42.5 Å². The molecule has 0 saturated carbocycles. The summed E-state index contributed by atoms with van der Waals surface area (Å²) in [5.41, 5.74) is 8.65. The van der Waals surface area contributed by atoms with Crippen molar-refractivity contribution in [2.45, 2.75) is 19.3 Å². The number of nitrogens with two attached hydrogens (primary N) is 1. The first kappa shape index (κ1) is 17.7. The van der Waals surface area contributed by atoms with Crippen LogP contribution >= 0.6 is 0 Å². The summed E-state index contributed by atoms with van der Waals surface area (Å²) >= 11 is 0. The standard InChI is InChI=1S/C19H24N2O3/c1-23-16-7-3-14(4-8-16)11-12-21-19(22)10-6-15-5-9-18(24-2)17(20)13-15/h3-5,7-9,13H,6,10-12,20H2,1-2H3,(H,21,22). The Balaban J connectivity index is 1.72. The molecule has 0 spiro atoms. The van der Waals surface area contributed by atoms with E-state index in [9.17, 15) is 4.79 Å². The van der Waals surface area contributed by atoms with Crippen LogP contribution in [0.1, 0.15) is 17.5 Å². The number of carbonyl (C=O) groups excluding carboxylic acids is 1. The van der Waals surface area contributed by atoms with Crippen LogP contribution in [-0.2, 0) is 17.6 Å². The molecule has 0 radical (unpaired) electrons. The first-order chi connectivity index (χ1) is 11.6. The Kier molecular flexibility index (Phi) is 6.49. The molecule has 5 nitrogen and oxygen atoms in total. The van der Waals surface area contributed by atoms with Crippen molar-refractivity contribution in [2.24, 2.45) is 0 Å². The molecule has 0 aliphatic carbocycles. The average Bonchev–Trinajstić information content (AvgIpc) is 2.60. The molecular weight excluding hydrogens is 304 g/mol. The summed E-state index contributed by atoms with van der Waals surface area (Å²) in [6.07, 6.45) is 1.89. The van der Waals surface area contributed by atoms with Crippen molar-refractivity contribution in [3.8, 4) is 11.5 Å². The van der Waals surface area contributed by atoms with E-state index >= 15 is 0 Å². The molecule has 0 aliphatic heterocycles. The van der Waals surface area contributed by atoms with Gasteiger partial charge in [0.15, 0.2) is 0 Å². The number of aryl methyl sites for hydroxylation is 1. The topological polar surface area (TPSA) is 73.6 Å². The van der Waals surface area contributed by atoms with Crippen molar-refractivity contribution in [2.75, 3.05) is 26.5 Å². The SMILES string of the molecule is COc1ccc(CCNC(=O)CCc2ccc(OC)c(N)c2)cc1. The number of hydrogen-bond acceptors (Lipinski definition) is 4. The fraction of sp³-hybridized carbons (Fsp3) is 0.316. The Morgan fingerprint density at radius 1 is 1.00 bits per heavy atom. The zero-order valence-electron chi connectivity index (χ0n) is 14.2. The summed E-state index contributed by atoms with van der Waals surface area (Å²) in [5, 5.41) is 2.94. The number of benzene rings is 2. The third kappa shape index (κ3) is 5.19. The minimum atomic E-state index is 0.0397. The van der Waals surface area contributed by atoms with E-state index in [0.717, 1.165) is 17.7 Å². The number of carbonyl (C=O) groups is 1. The molecule has 2 aromatic carbocycles. The van der Waals surface area contributed by atoms with Crippen LogP contribution in [0.4, 0.5) is 5.69 Å². The molecule has 0 heterocycles. The molecule has 24 heavy (non-hydrogen) atoms. The minimum Gasteiger partial charge on any atom is -0.497 e. The van der Waals surface area contributed by atoms with Crippen molar-refractivity contribution < 1.29 is 14.3 Å². The number of nitrogens with one attached hydrogen (secondary N) is 1. The van der Waals surface area contributed by atoms with Crippen molar-refractivity contribution in [1.29, 1.82) is 0 Å². The highest BCUT2D eigenvalue weighted by atomic mass is 16.5. The van der Waals surface area contributed by atoms with Gasteiger partial charge in [-0.3, -0.25) is 4.79 Å². The molecule has 5 heteroatoms. The molecule has 2 aromatic rings. The van der Waals surface area contributed by atoms with E-state index in [2.05, 4.69) is 5.32 Å². The second kappa shape index (κ2) is 8.82. The van der Waals surface area contributed by atoms with Crippen LogP contribution in [0.15, 0.2) is 42.5 Å². The van der Waals surface area contributed by atoms with Gasteiger partial charge < -0.3 is 20.5 Å². The highest BCUT2D eigenvalue weighted by Crippen LogP contribution is 2.22. The van der Waals surface area contributed by atoms with Crippen molar-refractivity contribution in [3.05, 3.63) is 53.6 Å². The predicted molar refractivity (Wildman–Crippen MR) is 95.4 cm³/mol. The van der Waals surface area contributed by atoms with Gasteiger partial charge in [0.1, 0.15) is 11.5 Å². The van der Waals surface area contributed by atoms with Gasteiger partial charge in [0.05, 0.1) is 19.9 Å². The average molecular weight is 328 g/mol. The van der Waals surface area contributed by atoms with Crippen molar-refractivity contribution in [1.82, 2.24) is 5.32 Å². The maximum absolute atomic E-state index is 11.9. The van der Waals surface area contributed by atoms with Crippen LogP contribution in [0.5, 0.6) is 11.5 Å². The summed E-state index contributed by atoms with van der Waals surface area (Å²) in [5.74, 6) is 1.53. The molecule has 1 amide bonds. The lowest BCUT2D eigenvalue weighted by molar-refractivity contribution is -0.121. The first-order valence-corrected chi connectivity index (χ1v) is 7.94. The number of methoxy groups -OCH3 is 2. The monoisotopic (exact) mass is 328 g/mol. The molecule has 0 fully saturated rings. The van der Waals surface area contributed by atoms with E-state index in [0.29, 0.717) is 30.8 Å². The molecule has 0 saturated heterocycles. The van der Waals surface area contributed by atoms with Crippen LogP contribution in [0.3, 0.4) is 0 Å². The molecule has 0 atom stereocenters. The molecule has 0 aromatic heterocycles.